The molecule has 0 fully saturated rings. The summed E-state index contributed by atoms with van der Waals surface area (Å²) in [6.45, 7) is 2.35. The third-order valence-corrected chi connectivity index (χ3v) is 5.24. The van der Waals surface area contributed by atoms with Gasteiger partial charge in [0.25, 0.3) is 11.8 Å². The zero-order valence-electron chi connectivity index (χ0n) is 18.6. The molecule has 7 nitrogen and oxygen atoms in total. The summed E-state index contributed by atoms with van der Waals surface area (Å²) in [5.41, 5.74) is 2.09. The van der Waals surface area contributed by atoms with Gasteiger partial charge in [0.05, 0.1) is 37.8 Å². The summed E-state index contributed by atoms with van der Waals surface area (Å²) in [6, 6.07) is 21.1. The molecule has 0 radical (unpaired) electrons. The van der Waals surface area contributed by atoms with Gasteiger partial charge in [-0.3, -0.25) is 9.59 Å². The molecular formula is C26H24N2O5. The number of methoxy groups -OCH3 is 2. The third-order valence-electron chi connectivity index (χ3n) is 5.24. The number of anilines is 2. The van der Waals surface area contributed by atoms with Crippen LogP contribution in [0.25, 0.3) is 5.57 Å². The van der Waals surface area contributed by atoms with Gasteiger partial charge in [0.2, 0.25) is 0 Å². The molecule has 1 aliphatic heterocycles. The number of benzene rings is 3. The molecule has 1 N–H and O–H groups in total. The first-order chi connectivity index (χ1) is 16.1. The van der Waals surface area contributed by atoms with Gasteiger partial charge >= 0.3 is 0 Å². The maximum absolute atomic E-state index is 13.6. The molecule has 0 atom stereocenters. The van der Waals surface area contributed by atoms with Crippen molar-refractivity contribution in [3.05, 3.63) is 84.1 Å². The Morgan fingerprint density at radius 1 is 0.788 bits per heavy atom. The molecule has 0 aromatic heterocycles. The Balaban J connectivity index is 1.80. The van der Waals surface area contributed by atoms with Gasteiger partial charge in [0, 0.05) is 0 Å². The van der Waals surface area contributed by atoms with Gasteiger partial charge in [0.15, 0.2) is 0 Å². The molecule has 7 heteroatoms. The minimum atomic E-state index is -0.456. The van der Waals surface area contributed by atoms with E-state index in [4.69, 9.17) is 14.2 Å². The van der Waals surface area contributed by atoms with Crippen LogP contribution < -0.4 is 24.4 Å². The molecule has 0 saturated carbocycles. The molecule has 0 bridgehead atoms. The average Bonchev–Trinajstić information content (AvgIpc) is 3.09. The van der Waals surface area contributed by atoms with Gasteiger partial charge in [-0.1, -0.05) is 24.3 Å². The quantitative estimate of drug-likeness (QED) is 0.516. The van der Waals surface area contributed by atoms with Gasteiger partial charge in [-0.15, -0.1) is 0 Å². The van der Waals surface area contributed by atoms with Crippen LogP contribution in [-0.2, 0) is 9.59 Å². The van der Waals surface area contributed by atoms with Crippen molar-refractivity contribution in [1.82, 2.24) is 0 Å². The lowest BCUT2D eigenvalue weighted by Gasteiger charge is -2.16. The van der Waals surface area contributed by atoms with E-state index >= 15 is 0 Å². The van der Waals surface area contributed by atoms with Gasteiger partial charge in [-0.05, 0) is 61.0 Å². The van der Waals surface area contributed by atoms with E-state index in [2.05, 4.69) is 5.32 Å². The van der Waals surface area contributed by atoms with Gasteiger partial charge in [-0.25, -0.2) is 4.90 Å². The summed E-state index contributed by atoms with van der Waals surface area (Å²) >= 11 is 0. The summed E-state index contributed by atoms with van der Waals surface area (Å²) in [4.78, 5) is 28.2. The first kappa shape index (κ1) is 22.0. The molecule has 3 aromatic carbocycles. The first-order valence-corrected chi connectivity index (χ1v) is 10.5. The Hall–Kier alpha value is -4.26. The topological polar surface area (TPSA) is 77.1 Å². The van der Waals surface area contributed by atoms with Crippen molar-refractivity contribution in [1.29, 1.82) is 0 Å². The number of nitrogens with zero attached hydrogens (tertiary/aromatic N) is 1. The monoisotopic (exact) mass is 444 g/mol. The largest absolute Gasteiger partial charge is 0.497 e. The van der Waals surface area contributed by atoms with Crippen molar-refractivity contribution in [2.45, 2.75) is 6.92 Å². The first-order valence-electron chi connectivity index (χ1n) is 10.5. The van der Waals surface area contributed by atoms with Crippen LogP contribution in [-0.4, -0.2) is 32.6 Å². The van der Waals surface area contributed by atoms with E-state index in [0.717, 1.165) is 4.90 Å². The fourth-order valence-electron chi connectivity index (χ4n) is 3.62. The molecule has 1 heterocycles. The van der Waals surface area contributed by atoms with E-state index in [1.165, 1.54) is 0 Å². The van der Waals surface area contributed by atoms with Crippen LogP contribution in [0.4, 0.5) is 11.4 Å². The number of rotatable bonds is 8. The molecule has 4 rings (SSSR count). The van der Waals surface area contributed by atoms with Crippen molar-refractivity contribution in [2.75, 3.05) is 31.0 Å². The Bertz CT molecular complexity index is 1200. The van der Waals surface area contributed by atoms with Crippen molar-refractivity contribution >= 4 is 28.8 Å². The minimum absolute atomic E-state index is 0.174. The maximum atomic E-state index is 13.6. The predicted octanol–water partition coefficient (Wildman–Crippen LogP) is 4.50. The van der Waals surface area contributed by atoms with E-state index in [9.17, 15) is 9.59 Å². The van der Waals surface area contributed by atoms with E-state index < -0.39 is 11.8 Å². The zero-order valence-corrected chi connectivity index (χ0v) is 18.6. The van der Waals surface area contributed by atoms with Crippen molar-refractivity contribution in [2.24, 2.45) is 0 Å². The van der Waals surface area contributed by atoms with Crippen LogP contribution in [0.1, 0.15) is 12.5 Å². The summed E-state index contributed by atoms with van der Waals surface area (Å²) < 4.78 is 16.1. The second kappa shape index (κ2) is 9.48. The summed E-state index contributed by atoms with van der Waals surface area (Å²) in [5, 5.41) is 3.16. The lowest BCUT2D eigenvalue weighted by atomic mass is 10.0. The summed E-state index contributed by atoms with van der Waals surface area (Å²) in [7, 11) is 3.13. The number of carbonyl (C=O) groups excluding carboxylic acids is 2. The van der Waals surface area contributed by atoms with Gasteiger partial charge < -0.3 is 19.5 Å². The maximum Gasteiger partial charge on any atom is 0.282 e. The number of hydrogen-bond donors (Lipinski definition) is 1. The Morgan fingerprint density at radius 3 is 2.00 bits per heavy atom. The number of ether oxygens (including phenoxy) is 3. The molecule has 1 aliphatic rings. The molecular weight excluding hydrogens is 420 g/mol. The highest BCUT2D eigenvalue weighted by molar-refractivity contribution is 6.46. The highest BCUT2D eigenvalue weighted by Gasteiger charge is 2.40. The van der Waals surface area contributed by atoms with Crippen LogP contribution in [0.2, 0.25) is 0 Å². The highest BCUT2D eigenvalue weighted by Crippen LogP contribution is 2.36. The Morgan fingerprint density at radius 2 is 1.39 bits per heavy atom. The lowest BCUT2D eigenvalue weighted by Crippen LogP contribution is -2.32. The van der Waals surface area contributed by atoms with Crippen molar-refractivity contribution in [3.63, 3.8) is 0 Å². The number of hydrogen-bond acceptors (Lipinski definition) is 6. The van der Waals surface area contributed by atoms with E-state index in [1.807, 2.05) is 25.1 Å². The Labute approximate surface area is 192 Å². The summed E-state index contributed by atoms with van der Waals surface area (Å²) in [6.07, 6.45) is 0. The lowest BCUT2D eigenvalue weighted by molar-refractivity contribution is -0.120. The molecule has 33 heavy (non-hydrogen) atoms. The van der Waals surface area contributed by atoms with Crippen LogP contribution in [0, 0.1) is 0 Å². The van der Waals surface area contributed by atoms with E-state index in [0.29, 0.717) is 40.8 Å². The number of amides is 2. The molecule has 0 unspecified atom stereocenters. The summed E-state index contributed by atoms with van der Waals surface area (Å²) in [5.74, 6) is 0.989. The molecule has 0 aliphatic carbocycles. The zero-order chi connectivity index (χ0) is 23.4. The van der Waals surface area contributed by atoms with Gasteiger partial charge in [-0.2, -0.15) is 0 Å². The predicted molar refractivity (Wildman–Crippen MR) is 127 cm³/mol. The molecule has 3 aromatic rings. The van der Waals surface area contributed by atoms with Crippen LogP contribution in [0.5, 0.6) is 17.2 Å². The van der Waals surface area contributed by atoms with Crippen LogP contribution >= 0.6 is 0 Å². The normalized spacial score (nSPS) is 13.4. The minimum Gasteiger partial charge on any atom is -0.497 e. The van der Waals surface area contributed by atoms with Crippen molar-refractivity contribution in [3.8, 4) is 17.2 Å². The third kappa shape index (κ3) is 4.25. The number of nitrogens with one attached hydrogen (secondary N) is 1. The highest BCUT2D eigenvalue weighted by atomic mass is 16.5. The van der Waals surface area contributed by atoms with Crippen molar-refractivity contribution < 1.29 is 23.8 Å². The molecule has 168 valence electrons. The number of imide groups is 1. The number of para-hydroxylation sites is 2. The average molecular weight is 444 g/mol. The number of carbonyl (C=O) groups is 2. The second-order valence-electron chi connectivity index (χ2n) is 7.18. The standard InChI is InChI=1S/C26H24N2O5/c1-4-33-22-8-6-5-7-21(22)27-24-23(17-9-13-19(31-2)14-10-17)25(29)28(26(24)30)18-11-15-20(32-3)16-12-18/h5-16,27H,4H2,1-3H3. The molecule has 0 spiro atoms. The van der Waals surface area contributed by atoms with Crippen LogP contribution in [0.15, 0.2) is 78.5 Å². The fourth-order valence-corrected chi connectivity index (χ4v) is 3.62. The van der Waals surface area contributed by atoms with Gasteiger partial charge in [0.1, 0.15) is 22.9 Å². The Kier molecular flexibility index (Phi) is 6.31. The second-order valence-corrected chi connectivity index (χ2v) is 7.18. The fraction of sp³-hybridized carbons (Fsp3) is 0.154. The van der Waals surface area contributed by atoms with Crippen LogP contribution in [0.3, 0.4) is 0 Å². The van der Waals surface area contributed by atoms with E-state index in [-0.39, 0.29) is 11.3 Å². The molecule has 0 saturated heterocycles. The smallest absolute Gasteiger partial charge is 0.282 e. The SMILES string of the molecule is CCOc1ccccc1NC1=C(c2ccc(OC)cc2)C(=O)N(c2ccc(OC)cc2)C1=O. The molecule has 2 amide bonds. The van der Waals surface area contributed by atoms with E-state index in [1.54, 1.807) is 68.8 Å².